The summed E-state index contributed by atoms with van der Waals surface area (Å²) in [6.45, 7) is 2.80. The first-order chi connectivity index (χ1) is 10.1. The van der Waals surface area contributed by atoms with Gasteiger partial charge in [0.25, 0.3) is 0 Å². The molecule has 0 heterocycles. The van der Waals surface area contributed by atoms with Crippen LogP contribution >= 0.6 is 23.2 Å². The van der Waals surface area contributed by atoms with Crippen molar-refractivity contribution in [2.45, 2.75) is 19.8 Å². The van der Waals surface area contributed by atoms with Gasteiger partial charge in [0.1, 0.15) is 5.75 Å². The van der Waals surface area contributed by atoms with E-state index in [4.69, 9.17) is 27.9 Å². The van der Waals surface area contributed by atoms with Crippen molar-refractivity contribution >= 4 is 29.0 Å². The van der Waals surface area contributed by atoms with Gasteiger partial charge in [-0.05, 0) is 48.9 Å². The summed E-state index contributed by atoms with van der Waals surface area (Å²) in [6, 6.07) is 12.0. The van der Waals surface area contributed by atoms with E-state index >= 15 is 0 Å². The first kappa shape index (κ1) is 15.9. The third-order valence-electron chi connectivity index (χ3n) is 3.06. The van der Waals surface area contributed by atoms with E-state index < -0.39 is 0 Å². The molecule has 0 fully saturated rings. The number of unbranched alkanes of at least 4 members (excludes halogenated alkanes) is 1. The fraction of sp³-hybridized carbons (Fsp3) is 0.235. The molecule has 4 heteroatoms. The SMILES string of the molecule is CCCCOc1ccc(C(=O)c2ccc(Cl)c(Cl)c2)cc1. The van der Waals surface area contributed by atoms with E-state index in [0.717, 1.165) is 18.6 Å². The highest BCUT2D eigenvalue weighted by Gasteiger charge is 2.11. The molecule has 0 aliphatic rings. The summed E-state index contributed by atoms with van der Waals surface area (Å²) in [6.07, 6.45) is 2.11. The lowest BCUT2D eigenvalue weighted by Gasteiger charge is -2.07. The molecule has 0 atom stereocenters. The zero-order valence-corrected chi connectivity index (χ0v) is 13.2. The molecule has 0 saturated heterocycles. The largest absolute Gasteiger partial charge is 0.494 e. The summed E-state index contributed by atoms with van der Waals surface area (Å²) in [5, 5.41) is 0.815. The normalized spacial score (nSPS) is 10.4. The molecule has 0 aliphatic heterocycles. The molecule has 110 valence electrons. The average molecular weight is 323 g/mol. The van der Waals surface area contributed by atoms with E-state index in [2.05, 4.69) is 6.92 Å². The predicted octanol–water partition coefficient (Wildman–Crippen LogP) is 5.40. The van der Waals surface area contributed by atoms with Crippen LogP contribution in [0.3, 0.4) is 0 Å². The molecular formula is C17H16Cl2O2. The summed E-state index contributed by atoms with van der Waals surface area (Å²) >= 11 is 11.8. The quantitative estimate of drug-likeness (QED) is 0.525. The van der Waals surface area contributed by atoms with E-state index in [9.17, 15) is 4.79 Å². The van der Waals surface area contributed by atoms with E-state index in [0.29, 0.717) is 27.8 Å². The zero-order valence-electron chi connectivity index (χ0n) is 11.7. The minimum atomic E-state index is -0.0892. The Morgan fingerprint density at radius 1 is 1.00 bits per heavy atom. The number of carbonyl (C=O) groups excluding carboxylic acids is 1. The number of hydrogen-bond donors (Lipinski definition) is 0. The van der Waals surface area contributed by atoms with Gasteiger partial charge in [0, 0.05) is 11.1 Å². The third-order valence-corrected chi connectivity index (χ3v) is 3.80. The molecule has 0 N–H and O–H groups in total. The molecule has 2 rings (SSSR count). The van der Waals surface area contributed by atoms with Gasteiger partial charge in [-0.25, -0.2) is 0 Å². The zero-order chi connectivity index (χ0) is 15.2. The van der Waals surface area contributed by atoms with Gasteiger partial charge in [0.2, 0.25) is 0 Å². The number of ketones is 1. The van der Waals surface area contributed by atoms with Crippen LogP contribution in [0.1, 0.15) is 35.7 Å². The molecule has 0 saturated carbocycles. The Hall–Kier alpha value is -1.51. The molecule has 2 nitrogen and oxygen atoms in total. The standard InChI is InChI=1S/C17H16Cl2O2/c1-2-3-10-21-14-7-4-12(5-8-14)17(20)13-6-9-15(18)16(19)11-13/h4-9,11H,2-3,10H2,1H3. The first-order valence-corrected chi connectivity index (χ1v) is 7.60. The van der Waals surface area contributed by atoms with Gasteiger partial charge < -0.3 is 4.74 Å². The van der Waals surface area contributed by atoms with Crippen LogP contribution in [0.25, 0.3) is 0 Å². The van der Waals surface area contributed by atoms with Crippen LogP contribution in [0.15, 0.2) is 42.5 Å². The Bertz CT molecular complexity index is 621. The van der Waals surface area contributed by atoms with E-state index in [1.165, 1.54) is 0 Å². The van der Waals surface area contributed by atoms with Crippen molar-refractivity contribution in [2.24, 2.45) is 0 Å². The first-order valence-electron chi connectivity index (χ1n) is 6.84. The van der Waals surface area contributed by atoms with Crippen molar-refractivity contribution in [1.82, 2.24) is 0 Å². The highest BCUT2D eigenvalue weighted by Crippen LogP contribution is 2.24. The van der Waals surface area contributed by atoms with Crippen molar-refractivity contribution in [1.29, 1.82) is 0 Å². The van der Waals surface area contributed by atoms with Crippen molar-refractivity contribution in [2.75, 3.05) is 6.61 Å². The van der Waals surface area contributed by atoms with Crippen LogP contribution in [0, 0.1) is 0 Å². The summed E-state index contributed by atoms with van der Waals surface area (Å²) in [4.78, 5) is 12.3. The summed E-state index contributed by atoms with van der Waals surface area (Å²) < 4.78 is 5.57. The number of rotatable bonds is 6. The molecular weight excluding hydrogens is 307 g/mol. The van der Waals surface area contributed by atoms with E-state index in [-0.39, 0.29) is 5.78 Å². The lowest BCUT2D eigenvalue weighted by atomic mass is 10.0. The second kappa shape index (κ2) is 7.48. The van der Waals surface area contributed by atoms with Crippen molar-refractivity contribution in [3.8, 4) is 5.75 Å². The highest BCUT2D eigenvalue weighted by molar-refractivity contribution is 6.42. The summed E-state index contributed by atoms with van der Waals surface area (Å²) in [7, 11) is 0. The van der Waals surface area contributed by atoms with E-state index in [1.54, 1.807) is 42.5 Å². The number of hydrogen-bond acceptors (Lipinski definition) is 2. The van der Waals surface area contributed by atoms with Crippen molar-refractivity contribution in [3.63, 3.8) is 0 Å². The predicted molar refractivity (Wildman–Crippen MR) is 86.7 cm³/mol. The maximum atomic E-state index is 12.3. The van der Waals surface area contributed by atoms with Gasteiger partial charge in [0.15, 0.2) is 5.78 Å². The van der Waals surface area contributed by atoms with Gasteiger partial charge in [0.05, 0.1) is 16.7 Å². The molecule has 21 heavy (non-hydrogen) atoms. The monoisotopic (exact) mass is 322 g/mol. The molecule has 2 aromatic rings. The maximum absolute atomic E-state index is 12.3. The molecule has 0 aromatic heterocycles. The van der Waals surface area contributed by atoms with Crippen LogP contribution < -0.4 is 4.74 Å². The van der Waals surface area contributed by atoms with Gasteiger partial charge in [-0.15, -0.1) is 0 Å². The van der Waals surface area contributed by atoms with Crippen molar-refractivity contribution < 1.29 is 9.53 Å². The van der Waals surface area contributed by atoms with Gasteiger partial charge in [-0.3, -0.25) is 4.79 Å². The second-order valence-corrected chi connectivity index (χ2v) is 5.50. The topological polar surface area (TPSA) is 26.3 Å². The average Bonchev–Trinajstić information content (AvgIpc) is 2.50. The van der Waals surface area contributed by atoms with Gasteiger partial charge in [-0.1, -0.05) is 36.5 Å². The Morgan fingerprint density at radius 3 is 2.29 bits per heavy atom. The van der Waals surface area contributed by atoms with Gasteiger partial charge >= 0.3 is 0 Å². The minimum Gasteiger partial charge on any atom is -0.494 e. The van der Waals surface area contributed by atoms with Crippen LogP contribution in [-0.2, 0) is 0 Å². The lowest BCUT2D eigenvalue weighted by Crippen LogP contribution is -2.02. The van der Waals surface area contributed by atoms with Crippen molar-refractivity contribution in [3.05, 3.63) is 63.6 Å². The maximum Gasteiger partial charge on any atom is 0.193 e. The van der Waals surface area contributed by atoms with Gasteiger partial charge in [-0.2, -0.15) is 0 Å². The van der Waals surface area contributed by atoms with Crippen LogP contribution in [-0.4, -0.2) is 12.4 Å². The Labute approximate surface area is 134 Å². The van der Waals surface area contributed by atoms with Crippen LogP contribution in [0.2, 0.25) is 10.0 Å². The molecule has 0 aliphatic carbocycles. The molecule has 0 amide bonds. The number of carbonyl (C=O) groups is 1. The number of halogens is 2. The summed E-state index contributed by atoms with van der Waals surface area (Å²) in [5.74, 6) is 0.683. The second-order valence-electron chi connectivity index (χ2n) is 4.68. The third kappa shape index (κ3) is 4.23. The van der Waals surface area contributed by atoms with Crippen LogP contribution in [0.5, 0.6) is 5.75 Å². The number of ether oxygens (including phenoxy) is 1. The summed E-state index contributed by atoms with van der Waals surface area (Å²) in [5.41, 5.74) is 1.11. The fourth-order valence-electron chi connectivity index (χ4n) is 1.84. The number of benzene rings is 2. The van der Waals surface area contributed by atoms with E-state index in [1.807, 2.05) is 0 Å². The highest BCUT2D eigenvalue weighted by atomic mass is 35.5. The molecule has 0 unspecified atom stereocenters. The smallest absolute Gasteiger partial charge is 0.193 e. The minimum absolute atomic E-state index is 0.0892. The Kier molecular flexibility index (Phi) is 5.66. The van der Waals surface area contributed by atoms with Crippen LogP contribution in [0.4, 0.5) is 0 Å². The lowest BCUT2D eigenvalue weighted by molar-refractivity contribution is 0.103. The fourth-order valence-corrected chi connectivity index (χ4v) is 2.14. The molecule has 0 radical (unpaired) electrons. The molecule has 2 aromatic carbocycles. The Morgan fingerprint density at radius 2 is 1.67 bits per heavy atom. The molecule has 0 spiro atoms. The Balaban J connectivity index is 2.10. The molecule has 0 bridgehead atoms.